The van der Waals surface area contributed by atoms with Crippen molar-refractivity contribution in [3.63, 3.8) is 0 Å². The molecule has 0 bridgehead atoms. The lowest BCUT2D eigenvalue weighted by atomic mass is 10.0. The lowest BCUT2D eigenvalue weighted by Gasteiger charge is -2.37. The number of piperazine rings is 1. The van der Waals surface area contributed by atoms with Gasteiger partial charge in [0, 0.05) is 12.8 Å². The molecule has 7 heteroatoms. The van der Waals surface area contributed by atoms with E-state index in [1.165, 1.54) is 4.90 Å². The fourth-order valence-electron chi connectivity index (χ4n) is 2.26. The first-order valence-corrected chi connectivity index (χ1v) is 8.69. The van der Waals surface area contributed by atoms with Gasteiger partial charge in [0.05, 0.1) is 5.75 Å². The number of rotatable bonds is 4. The first kappa shape index (κ1) is 15.5. The molecule has 1 aliphatic rings. The molecule has 1 aliphatic heterocycles. The minimum Gasteiger partial charge on any atom is -0.339 e. The second-order valence-electron chi connectivity index (χ2n) is 5.19. The molecule has 2 atom stereocenters. The topological polar surface area (TPSA) is 83.6 Å². The Balaban J connectivity index is 2.23. The third-order valence-electron chi connectivity index (χ3n) is 3.50. The minimum atomic E-state index is -3.20. The molecule has 0 spiro atoms. The molecular weight excluding hydrogens is 292 g/mol. The van der Waals surface area contributed by atoms with Gasteiger partial charge in [-0.25, -0.2) is 8.42 Å². The van der Waals surface area contributed by atoms with Crippen molar-refractivity contribution in [1.29, 1.82) is 0 Å². The van der Waals surface area contributed by atoms with Gasteiger partial charge in [0.15, 0.2) is 0 Å². The van der Waals surface area contributed by atoms with Crippen LogP contribution in [0.4, 0.5) is 0 Å². The van der Waals surface area contributed by atoms with Gasteiger partial charge in [-0.05, 0) is 12.5 Å². The molecule has 2 rings (SSSR count). The van der Waals surface area contributed by atoms with Gasteiger partial charge in [0.1, 0.15) is 21.9 Å². The van der Waals surface area contributed by atoms with E-state index in [-0.39, 0.29) is 24.1 Å². The molecule has 0 aliphatic carbocycles. The fraction of sp³-hybridized carbons (Fsp3) is 0.429. The first-order valence-electron chi connectivity index (χ1n) is 6.63. The molecule has 0 radical (unpaired) electrons. The molecule has 0 saturated carbocycles. The van der Waals surface area contributed by atoms with Crippen LogP contribution in [-0.2, 0) is 19.4 Å². The summed E-state index contributed by atoms with van der Waals surface area (Å²) in [5.74, 6) is -0.716. The zero-order valence-electron chi connectivity index (χ0n) is 11.9. The standard InChI is InChI=1S/C14H18N2O4S/c1-10-13(17)15-12(11-6-4-3-5-7-11)14(18)16(10)8-9-21(2,19)20/h3-7,10,12H,8-9H2,1-2H3,(H,15,17). The molecule has 21 heavy (non-hydrogen) atoms. The lowest BCUT2D eigenvalue weighted by molar-refractivity contribution is -0.148. The van der Waals surface area contributed by atoms with Crippen LogP contribution in [0.5, 0.6) is 0 Å². The normalized spacial score (nSPS) is 23.0. The molecule has 1 aromatic rings. The second-order valence-corrected chi connectivity index (χ2v) is 7.45. The van der Waals surface area contributed by atoms with E-state index in [4.69, 9.17) is 0 Å². The largest absolute Gasteiger partial charge is 0.339 e. The van der Waals surface area contributed by atoms with E-state index in [0.717, 1.165) is 6.26 Å². The molecule has 114 valence electrons. The van der Waals surface area contributed by atoms with Crippen LogP contribution in [0, 0.1) is 0 Å². The summed E-state index contributed by atoms with van der Waals surface area (Å²) >= 11 is 0. The Morgan fingerprint density at radius 3 is 2.38 bits per heavy atom. The highest BCUT2D eigenvalue weighted by Gasteiger charge is 2.38. The zero-order chi connectivity index (χ0) is 15.6. The van der Waals surface area contributed by atoms with E-state index in [1.54, 1.807) is 31.2 Å². The number of carbonyl (C=O) groups is 2. The van der Waals surface area contributed by atoms with Gasteiger partial charge in [-0.15, -0.1) is 0 Å². The number of nitrogens with zero attached hydrogens (tertiary/aromatic N) is 1. The van der Waals surface area contributed by atoms with E-state index in [1.807, 2.05) is 6.07 Å². The third kappa shape index (κ3) is 3.60. The summed E-state index contributed by atoms with van der Waals surface area (Å²) in [6.45, 7) is 1.62. The van der Waals surface area contributed by atoms with Crippen LogP contribution in [0.3, 0.4) is 0 Å². The van der Waals surface area contributed by atoms with Crippen molar-refractivity contribution >= 4 is 21.7 Å². The van der Waals surface area contributed by atoms with Crippen molar-refractivity contribution in [2.45, 2.75) is 19.0 Å². The maximum absolute atomic E-state index is 12.5. The summed E-state index contributed by atoms with van der Waals surface area (Å²) in [5.41, 5.74) is 0.687. The summed E-state index contributed by atoms with van der Waals surface area (Å²) in [5, 5.41) is 2.68. The van der Waals surface area contributed by atoms with E-state index >= 15 is 0 Å². The predicted octanol–water partition coefficient (Wildman–Crippen LogP) is 0.119. The van der Waals surface area contributed by atoms with Crippen LogP contribution in [0.1, 0.15) is 18.5 Å². The molecule has 1 saturated heterocycles. The molecule has 1 heterocycles. The Morgan fingerprint density at radius 2 is 1.81 bits per heavy atom. The zero-order valence-corrected chi connectivity index (χ0v) is 12.8. The average Bonchev–Trinajstić information content (AvgIpc) is 2.42. The highest BCUT2D eigenvalue weighted by atomic mass is 32.2. The molecule has 6 nitrogen and oxygen atoms in total. The number of sulfone groups is 1. The predicted molar refractivity (Wildman–Crippen MR) is 78.2 cm³/mol. The Bertz CT molecular complexity index is 642. The average molecular weight is 310 g/mol. The lowest BCUT2D eigenvalue weighted by Crippen LogP contribution is -2.59. The van der Waals surface area contributed by atoms with Crippen molar-refractivity contribution in [2.24, 2.45) is 0 Å². The van der Waals surface area contributed by atoms with E-state index in [9.17, 15) is 18.0 Å². The van der Waals surface area contributed by atoms with Crippen LogP contribution in [-0.4, -0.2) is 49.7 Å². The molecule has 0 aromatic heterocycles. The van der Waals surface area contributed by atoms with Gasteiger partial charge in [-0.1, -0.05) is 30.3 Å². The highest BCUT2D eigenvalue weighted by molar-refractivity contribution is 7.90. The van der Waals surface area contributed by atoms with Crippen LogP contribution >= 0.6 is 0 Å². The number of nitrogens with one attached hydrogen (secondary N) is 1. The SMILES string of the molecule is CC1C(=O)NC(c2ccccc2)C(=O)N1CCS(C)(=O)=O. The molecule has 2 amide bonds. The Labute approximate surface area is 124 Å². The van der Waals surface area contributed by atoms with Crippen molar-refractivity contribution in [3.8, 4) is 0 Å². The van der Waals surface area contributed by atoms with Gasteiger partial charge in [-0.3, -0.25) is 9.59 Å². The van der Waals surface area contributed by atoms with Crippen LogP contribution in [0.2, 0.25) is 0 Å². The van der Waals surface area contributed by atoms with Gasteiger partial charge < -0.3 is 10.2 Å². The van der Waals surface area contributed by atoms with E-state index in [0.29, 0.717) is 5.56 Å². The third-order valence-corrected chi connectivity index (χ3v) is 4.42. The molecule has 1 aromatic carbocycles. The second kappa shape index (κ2) is 5.85. The molecule has 1 fully saturated rings. The van der Waals surface area contributed by atoms with Crippen LogP contribution in [0.15, 0.2) is 30.3 Å². The molecule has 2 unspecified atom stereocenters. The maximum Gasteiger partial charge on any atom is 0.250 e. The van der Waals surface area contributed by atoms with Crippen LogP contribution in [0.25, 0.3) is 0 Å². The highest BCUT2D eigenvalue weighted by Crippen LogP contribution is 2.21. The summed E-state index contributed by atoms with van der Waals surface area (Å²) in [6, 6.07) is 7.49. The van der Waals surface area contributed by atoms with Gasteiger partial charge in [0.2, 0.25) is 5.91 Å². The van der Waals surface area contributed by atoms with Crippen molar-refractivity contribution in [1.82, 2.24) is 10.2 Å². The monoisotopic (exact) mass is 310 g/mol. The Morgan fingerprint density at radius 1 is 1.19 bits per heavy atom. The fourth-order valence-corrected chi connectivity index (χ4v) is 2.79. The summed E-state index contributed by atoms with van der Waals surface area (Å²) in [6.07, 6.45) is 1.11. The summed E-state index contributed by atoms with van der Waals surface area (Å²) in [7, 11) is -3.20. The van der Waals surface area contributed by atoms with Crippen molar-refractivity contribution < 1.29 is 18.0 Å². The number of hydrogen-bond acceptors (Lipinski definition) is 4. The van der Waals surface area contributed by atoms with Crippen LogP contribution < -0.4 is 5.32 Å². The number of benzene rings is 1. The number of hydrogen-bond donors (Lipinski definition) is 1. The summed E-state index contributed by atoms with van der Waals surface area (Å²) < 4.78 is 22.6. The minimum absolute atomic E-state index is 0.0234. The van der Waals surface area contributed by atoms with Crippen molar-refractivity contribution in [2.75, 3.05) is 18.6 Å². The van der Waals surface area contributed by atoms with E-state index in [2.05, 4.69) is 5.32 Å². The van der Waals surface area contributed by atoms with Gasteiger partial charge >= 0.3 is 0 Å². The Hall–Kier alpha value is -1.89. The van der Waals surface area contributed by atoms with E-state index < -0.39 is 21.9 Å². The number of amides is 2. The maximum atomic E-state index is 12.5. The molecule has 1 N–H and O–H groups in total. The Kier molecular flexibility index (Phi) is 4.32. The van der Waals surface area contributed by atoms with Gasteiger partial charge in [-0.2, -0.15) is 0 Å². The first-order chi connectivity index (χ1) is 9.79. The quantitative estimate of drug-likeness (QED) is 0.856. The van der Waals surface area contributed by atoms with Crippen molar-refractivity contribution in [3.05, 3.63) is 35.9 Å². The smallest absolute Gasteiger partial charge is 0.250 e. The number of carbonyl (C=O) groups excluding carboxylic acids is 2. The summed E-state index contributed by atoms with van der Waals surface area (Å²) in [4.78, 5) is 25.8. The van der Waals surface area contributed by atoms with Gasteiger partial charge in [0.25, 0.3) is 5.91 Å². The molecular formula is C14H18N2O4S.